The third kappa shape index (κ3) is 7.95. The quantitative estimate of drug-likeness (QED) is 0.127. The molecule has 0 radical (unpaired) electrons. The monoisotopic (exact) mass is 603 g/mol. The third-order valence-corrected chi connectivity index (χ3v) is 6.91. The Labute approximate surface area is 252 Å². The Balaban J connectivity index is 1.34. The summed E-state index contributed by atoms with van der Waals surface area (Å²) in [6.07, 6.45) is 1.76. The number of aromatic nitrogens is 2. The lowest BCUT2D eigenvalue weighted by molar-refractivity contribution is -0.140. The van der Waals surface area contributed by atoms with Gasteiger partial charge in [-0.25, -0.2) is 9.18 Å². The number of carbonyl (C=O) groups is 4. The van der Waals surface area contributed by atoms with Crippen molar-refractivity contribution < 1.29 is 28.7 Å². The number of nitrogens with zero attached hydrogens (tertiary/aromatic N) is 2. The number of hydrogen-bond acceptors (Lipinski definition) is 7. The highest BCUT2D eigenvalue weighted by Gasteiger charge is 2.18. The van der Waals surface area contributed by atoms with Crippen LogP contribution in [0.1, 0.15) is 42.5 Å². The van der Waals surface area contributed by atoms with Gasteiger partial charge in [-0.2, -0.15) is 4.68 Å². The summed E-state index contributed by atoms with van der Waals surface area (Å²) in [5.41, 5.74) is 15.1. The van der Waals surface area contributed by atoms with E-state index in [-0.39, 0.29) is 30.3 Å². The number of nitrogen functional groups attached to an aromatic ring is 1. The maximum absolute atomic E-state index is 14.0. The van der Waals surface area contributed by atoms with E-state index in [2.05, 4.69) is 21.0 Å². The SMILES string of the molecule is Cc1ccc(F)c(NC(=O)Nc2ccc(-c3cccc4c3c(N)nn4C(=O)CCCCCNC(=O)C[C@H](N)C(=O)O)cc2)c1. The summed E-state index contributed by atoms with van der Waals surface area (Å²) >= 11 is 0. The molecule has 44 heavy (non-hydrogen) atoms. The van der Waals surface area contributed by atoms with Crippen LogP contribution < -0.4 is 27.4 Å². The molecule has 0 spiro atoms. The Morgan fingerprint density at radius 3 is 2.48 bits per heavy atom. The average molecular weight is 604 g/mol. The molecule has 3 aromatic carbocycles. The molecule has 230 valence electrons. The number of carboxylic acid groups (broad SMARTS) is 1. The molecule has 13 heteroatoms. The number of carbonyl (C=O) groups excluding carboxylic acids is 3. The molecule has 1 heterocycles. The lowest BCUT2D eigenvalue weighted by Gasteiger charge is -2.10. The average Bonchev–Trinajstić information content (AvgIpc) is 3.33. The fourth-order valence-corrected chi connectivity index (χ4v) is 4.65. The van der Waals surface area contributed by atoms with E-state index in [4.69, 9.17) is 16.6 Å². The normalized spacial score (nSPS) is 11.6. The third-order valence-electron chi connectivity index (χ3n) is 6.91. The van der Waals surface area contributed by atoms with Crippen LogP contribution in [0.5, 0.6) is 0 Å². The molecule has 3 amide bonds. The van der Waals surface area contributed by atoms with Gasteiger partial charge < -0.3 is 32.5 Å². The van der Waals surface area contributed by atoms with Crippen molar-refractivity contribution in [2.45, 2.75) is 45.1 Å². The van der Waals surface area contributed by atoms with Crippen LogP contribution >= 0.6 is 0 Å². The van der Waals surface area contributed by atoms with Gasteiger partial charge in [-0.15, -0.1) is 5.10 Å². The summed E-state index contributed by atoms with van der Waals surface area (Å²) in [5.74, 6) is -2.23. The zero-order valence-electron chi connectivity index (χ0n) is 24.1. The maximum Gasteiger partial charge on any atom is 0.323 e. The van der Waals surface area contributed by atoms with Crippen LogP contribution in [0.25, 0.3) is 22.0 Å². The Kier molecular flexibility index (Phi) is 10.2. The lowest BCUT2D eigenvalue weighted by atomic mass is 10.0. The number of nitrogens with two attached hydrogens (primary N) is 2. The molecule has 4 aromatic rings. The molecular formula is C31H34FN7O5. The van der Waals surface area contributed by atoms with Crippen LogP contribution in [-0.4, -0.2) is 51.3 Å². The Hall–Kier alpha value is -5.30. The predicted octanol–water partition coefficient (Wildman–Crippen LogP) is 4.50. The van der Waals surface area contributed by atoms with Gasteiger partial charge >= 0.3 is 12.0 Å². The van der Waals surface area contributed by atoms with Gasteiger partial charge in [-0.3, -0.25) is 14.4 Å². The van der Waals surface area contributed by atoms with Crippen molar-refractivity contribution >= 4 is 51.9 Å². The van der Waals surface area contributed by atoms with Crippen LogP contribution in [-0.2, 0) is 9.59 Å². The van der Waals surface area contributed by atoms with Gasteiger partial charge in [0, 0.05) is 18.7 Å². The summed E-state index contributed by atoms with van der Waals surface area (Å²) in [6, 6.07) is 15.1. The first-order valence-corrected chi connectivity index (χ1v) is 14.0. The number of aliphatic carboxylic acids is 1. The van der Waals surface area contributed by atoms with Crippen LogP contribution in [0, 0.1) is 12.7 Å². The number of carboxylic acids is 1. The highest BCUT2D eigenvalue weighted by Crippen LogP contribution is 2.33. The molecule has 0 saturated carbocycles. The van der Waals surface area contributed by atoms with E-state index in [0.29, 0.717) is 42.4 Å². The number of fused-ring (bicyclic) bond motifs is 1. The van der Waals surface area contributed by atoms with E-state index < -0.39 is 29.8 Å². The lowest BCUT2D eigenvalue weighted by Crippen LogP contribution is -2.37. The maximum atomic E-state index is 14.0. The second kappa shape index (κ2) is 14.2. The number of unbranched alkanes of at least 4 members (excludes halogenated alkanes) is 2. The summed E-state index contributed by atoms with van der Waals surface area (Å²) in [4.78, 5) is 47.9. The van der Waals surface area contributed by atoms with Crippen LogP contribution in [0.15, 0.2) is 60.7 Å². The summed E-state index contributed by atoms with van der Waals surface area (Å²) in [6.45, 7) is 2.15. The molecule has 1 aromatic heterocycles. The van der Waals surface area contributed by atoms with Gasteiger partial charge in [-0.05, 0) is 66.8 Å². The van der Waals surface area contributed by atoms with E-state index in [0.717, 1.165) is 16.7 Å². The van der Waals surface area contributed by atoms with Crippen LogP contribution in [0.3, 0.4) is 0 Å². The molecule has 1 atom stereocenters. The highest BCUT2D eigenvalue weighted by molar-refractivity contribution is 6.05. The Morgan fingerprint density at radius 1 is 1.00 bits per heavy atom. The molecular weight excluding hydrogens is 569 g/mol. The second-order valence-corrected chi connectivity index (χ2v) is 10.3. The number of rotatable bonds is 12. The van der Waals surface area contributed by atoms with Gasteiger partial charge in [0.2, 0.25) is 11.8 Å². The molecule has 0 bridgehead atoms. The van der Waals surface area contributed by atoms with Crippen molar-refractivity contribution in [1.82, 2.24) is 15.1 Å². The first-order chi connectivity index (χ1) is 21.0. The zero-order valence-corrected chi connectivity index (χ0v) is 24.1. The van der Waals surface area contributed by atoms with Crippen LogP contribution in [0.4, 0.5) is 26.4 Å². The van der Waals surface area contributed by atoms with E-state index in [1.807, 2.05) is 6.07 Å². The fourth-order valence-electron chi connectivity index (χ4n) is 4.65. The molecule has 12 nitrogen and oxygen atoms in total. The smallest absolute Gasteiger partial charge is 0.323 e. The number of urea groups is 1. The first kappa shape index (κ1) is 31.6. The van der Waals surface area contributed by atoms with E-state index in [1.54, 1.807) is 55.5 Å². The second-order valence-electron chi connectivity index (χ2n) is 10.3. The minimum Gasteiger partial charge on any atom is -0.480 e. The molecule has 0 unspecified atom stereocenters. The zero-order chi connectivity index (χ0) is 31.8. The van der Waals surface area contributed by atoms with Gasteiger partial charge in [0.05, 0.1) is 23.0 Å². The fraction of sp³-hybridized carbons (Fsp3) is 0.258. The number of benzene rings is 3. The molecule has 0 fully saturated rings. The largest absolute Gasteiger partial charge is 0.480 e. The number of nitrogens with one attached hydrogen (secondary N) is 3. The van der Waals surface area contributed by atoms with E-state index in [9.17, 15) is 23.6 Å². The van der Waals surface area contributed by atoms with Gasteiger partial charge in [-0.1, -0.05) is 36.8 Å². The van der Waals surface area contributed by atoms with Crippen LogP contribution in [0.2, 0.25) is 0 Å². The van der Waals surface area contributed by atoms with Crippen molar-refractivity contribution in [2.24, 2.45) is 5.73 Å². The standard InChI is InChI=1S/C31H34FN7O5/c1-18-9-14-22(32)24(16-18)37-31(44)36-20-12-10-19(11-13-20)21-6-5-7-25-28(21)29(34)38-39(25)27(41)8-3-2-4-15-35-26(40)17-23(33)30(42)43/h5-7,9-14,16,23H,2-4,8,15,17,33H2,1H3,(H2,34,38)(H,35,40)(H,42,43)(H2,36,37,44)/t23-/m0/s1. The number of anilines is 3. The molecule has 0 aliphatic rings. The molecule has 0 aliphatic carbocycles. The van der Waals surface area contributed by atoms with Crippen molar-refractivity contribution in [1.29, 1.82) is 0 Å². The number of amides is 3. The van der Waals surface area contributed by atoms with Crippen molar-refractivity contribution in [3.8, 4) is 11.1 Å². The van der Waals surface area contributed by atoms with Gasteiger partial charge in [0.15, 0.2) is 5.82 Å². The summed E-state index contributed by atoms with van der Waals surface area (Å²) < 4.78 is 15.3. The minimum atomic E-state index is -1.24. The molecule has 4 rings (SSSR count). The molecule has 0 aliphatic heterocycles. The van der Waals surface area contributed by atoms with Crippen molar-refractivity contribution in [3.05, 3.63) is 72.0 Å². The van der Waals surface area contributed by atoms with Gasteiger partial charge in [0.1, 0.15) is 11.9 Å². The first-order valence-electron chi connectivity index (χ1n) is 14.0. The van der Waals surface area contributed by atoms with E-state index in [1.165, 1.54) is 10.7 Å². The molecule has 8 N–H and O–H groups in total. The van der Waals surface area contributed by atoms with Crippen molar-refractivity contribution in [2.75, 3.05) is 22.9 Å². The van der Waals surface area contributed by atoms with E-state index >= 15 is 0 Å². The summed E-state index contributed by atoms with van der Waals surface area (Å²) in [7, 11) is 0. The number of hydrogen-bond donors (Lipinski definition) is 6. The Bertz CT molecular complexity index is 1690. The topological polar surface area (TPSA) is 194 Å². The summed E-state index contributed by atoms with van der Waals surface area (Å²) in [5, 5.41) is 21.5. The highest BCUT2D eigenvalue weighted by atomic mass is 19.1. The number of halogens is 1. The Morgan fingerprint density at radius 2 is 1.75 bits per heavy atom. The predicted molar refractivity (Wildman–Crippen MR) is 166 cm³/mol. The van der Waals surface area contributed by atoms with Crippen molar-refractivity contribution in [3.63, 3.8) is 0 Å². The molecule has 0 saturated heterocycles. The minimum absolute atomic E-state index is 0.0805. The number of aryl methyl sites for hydroxylation is 1. The van der Waals surface area contributed by atoms with Gasteiger partial charge in [0.25, 0.3) is 0 Å².